The summed E-state index contributed by atoms with van der Waals surface area (Å²) in [5.41, 5.74) is 0. The molecule has 106 valence electrons. The lowest BCUT2D eigenvalue weighted by molar-refractivity contribution is -0.151. The van der Waals surface area contributed by atoms with E-state index in [9.17, 15) is 9.59 Å². The summed E-state index contributed by atoms with van der Waals surface area (Å²) in [5.74, 6) is 2.24. The largest absolute Gasteiger partial charge is 0.466 e. The number of amides is 1. The van der Waals surface area contributed by atoms with E-state index in [1.807, 2.05) is 11.8 Å². The maximum absolute atomic E-state index is 12.4. The topological polar surface area (TPSA) is 46.6 Å². The standard InChI is InChI=1S/C15H23NO3/c1-2-19-15(18)10-3-5-16(6-4-10)14(17)13-8-11-7-12(11)9-13/h10-13H,2-9H2,1H3. The summed E-state index contributed by atoms with van der Waals surface area (Å²) in [4.78, 5) is 26.0. The molecule has 0 aromatic heterocycles. The Morgan fingerprint density at radius 3 is 2.26 bits per heavy atom. The number of fused-ring (bicyclic) bond motifs is 1. The second-order valence-electron chi connectivity index (χ2n) is 6.28. The van der Waals surface area contributed by atoms with Crippen LogP contribution < -0.4 is 0 Å². The molecule has 19 heavy (non-hydrogen) atoms. The quantitative estimate of drug-likeness (QED) is 0.731. The van der Waals surface area contributed by atoms with Crippen LogP contribution in [0.3, 0.4) is 0 Å². The number of hydrogen-bond donors (Lipinski definition) is 0. The Hall–Kier alpha value is -1.06. The predicted molar refractivity (Wildman–Crippen MR) is 70.3 cm³/mol. The molecule has 1 heterocycles. The average Bonchev–Trinajstić information content (AvgIpc) is 3.05. The zero-order valence-electron chi connectivity index (χ0n) is 11.6. The molecule has 0 spiro atoms. The van der Waals surface area contributed by atoms with Crippen LogP contribution in [0.15, 0.2) is 0 Å². The van der Waals surface area contributed by atoms with Crippen molar-refractivity contribution in [2.75, 3.05) is 19.7 Å². The van der Waals surface area contributed by atoms with Crippen molar-refractivity contribution in [3.63, 3.8) is 0 Å². The predicted octanol–water partition coefficient (Wildman–Crippen LogP) is 1.83. The van der Waals surface area contributed by atoms with Crippen LogP contribution in [0.25, 0.3) is 0 Å². The van der Waals surface area contributed by atoms with Crippen LogP contribution >= 0.6 is 0 Å². The summed E-state index contributed by atoms with van der Waals surface area (Å²) in [5, 5.41) is 0. The van der Waals surface area contributed by atoms with Gasteiger partial charge in [-0.3, -0.25) is 9.59 Å². The SMILES string of the molecule is CCOC(=O)C1CCN(C(=O)C2CC3CC3C2)CC1. The maximum atomic E-state index is 12.4. The van der Waals surface area contributed by atoms with Crippen molar-refractivity contribution in [1.82, 2.24) is 4.90 Å². The molecular formula is C15H23NO3. The fraction of sp³-hybridized carbons (Fsp3) is 0.867. The van der Waals surface area contributed by atoms with Crippen LogP contribution in [0.2, 0.25) is 0 Å². The van der Waals surface area contributed by atoms with Crippen molar-refractivity contribution >= 4 is 11.9 Å². The van der Waals surface area contributed by atoms with E-state index in [2.05, 4.69) is 0 Å². The van der Waals surface area contributed by atoms with Crippen LogP contribution in [0, 0.1) is 23.7 Å². The highest BCUT2D eigenvalue weighted by atomic mass is 16.5. The monoisotopic (exact) mass is 265 g/mol. The number of carbonyl (C=O) groups excluding carboxylic acids is 2. The Balaban J connectivity index is 1.47. The van der Waals surface area contributed by atoms with Gasteiger partial charge in [0.2, 0.25) is 5.91 Å². The van der Waals surface area contributed by atoms with Gasteiger partial charge in [0.05, 0.1) is 12.5 Å². The second kappa shape index (κ2) is 5.14. The first-order valence-corrected chi connectivity index (χ1v) is 7.64. The van der Waals surface area contributed by atoms with E-state index in [1.54, 1.807) is 0 Å². The molecule has 3 aliphatic rings. The number of rotatable bonds is 3. The van der Waals surface area contributed by atoms with Gasteiger partial charge >= 0.3 is 5.97 Å². The van der Waals surface area contributed by atoms with Crippen molar-refractivity contribution in [2.45, 2.75) is 39.0 Å². The molecule has 1 saturated heterocycles. The Labute approximate surface area is 114 Å². The van der Waals surface area contributed by atoms with Gasteiger partial charge in [0.15, 0.2) is 0 Å². The fourth-order valence-corrected chi connectivity index (χ4v) is 3.77. The molecule has 1 aliphatic heterocycles. The minimum atomic E-state index is -0.0864. The molecule has 2 saturated carbocycles. The normalized spacial score (nSPS) is 33.9. The first kappa shape index (κ1) is 12.9. The minimum Gasteiger partial charge on any atom is -0.466 e. The lowest BCUT2D eigenvalue weighted by Gasteiger charge is -2.32. The van der Waals surface area contributed by atoms with Crippen LogP contribution in [0.1, 0.15) is 39.0 Å². The molecule has 0 bridgehead atoms. The van der Waals surface area contributed by atoms with Gasteiger partial charge in [0, 0.05) is 19.0 Å². The summed E-state index contributed by atoms with van der Waals surface area (Å²) in [6.45, 7) is 3.74. The van der Waals surface area contributed by atoms with Crippen LogP contribution in [0.5, 0.6) is 0 Å². The highest BCUT2D eigenvalue weighted by Gasteiger charge is 2.49. The summed E-state index contributed by atoms with van der Waals surface area (Å²) >= 11 is 0. The number of piperidine rings is 1. The van der Waals surface area contributed by atoms with Crippen molar-refractivity contribution in [1.29, 1.82) is 0 Å². The van der Waals surface area contributed by atoms with Gasteiger partial charge in [0.25, 0.3) is 0 Å². The molecule has 4 heteroatoms. The van der Waals surface area contributed by atoms with E-state index in [0.29, 0.717) is 12.5 Å². The third kappa shape index (κ3) is 2.63. The summed E-state index contributed by atoms with van der Waals surface area (Å²) in [6.07, 6.45) is 5.12. The highest BCUT2D eigenvalue weighted by molar-refractivity contribution is 5.80. The lowest BCUT2D eigenvalue weighted by atomic mass is 9.94. The zero-order valence-corrected chi connectivity index (χ0v) is 11.6. The first-order chi connectivity index (χ1) is 9.19. The van der Waals surface area contributed by atoms with E-state index >= 15 is 0 Å². The number of likely N-dealkylation sites (tertiary alicyclic amines) is 1. The first-order valence-electron chi connectivity index (χ1n) is 7.64. The number of esters is 1. The van der Waals surface area contributed by atoms with E-state index in [1.165, 1.54) is 6.42 Å². The Kier molecular flexibility index (Phi) is 3.50. The summed E-state index contributed by atoms with van der Waals surface area (Å²) in [6, 6.07) is 0. The van der Waals surface area contributed by atoms with E-state index < -0.39 is 0 Å². The number of nitrogens with zero attached hydrogens (tertiary/aromatic N) is 1. The summed E-state index contributed by atoms with van der Waals surface area (Å²) < 4.78 is 5.05. The average molecular weight is 265 g/mol. The maximum Gasteiger partial charge on any atom is 0.309 e. The molecule has 0 N–H and O–H groups in total. The third-order valence-electron chi connectivity index (χ3n) is 5.02. The number of ether oxygens (including phenoxy) is 1. The second-order valence-corrected chi connectivity index (χ2v) is 6.28. The third-order valence-corrected chi connectivity index (χ3v) is 5.02. The van der Waals surface area contributed by atoms with Crippen LogP contribution in [-0.4, -0.2) is 36.5 Å². The van der Waals surface area contributed by atoms with E-state index in [0.717, 1.165) is 50.6 Å². The van der Waals surface area contributed by atoms with Crippen molar-refractivity contribution in [2.24, 2.45) is 23.7 Å². The molecule has 1 amide bonds. The molecular weight excluding hydrogens is 242 g/mol. The summed E-state index contributed by atoms with van der Waals surface area (Å²) in [7, 11) is 0. The lowest BCUT2D eigenvalue weighted by Crippen LogP contribution is -2.43. The van der Waals surface area contributed by atoms with Gasteiger partial charge < -0.3 is 9.64 Å². The smallest absolute Gasteiger partial charge is 0.309 e. The fourth-order valence-electron chi connectivity index (χ4n) is 3.77. The number of carbonyl (C=O) groups is 2. The van der Waals surface area contributed by atoms with Crippen molar-refractivity contribution in [3.8, 4) is 0 Å². The van der Waals surface area contributed by atoms with Gasteiger partial charge in [-0.15, -0.1) is 0 Å². The molecule has 4 nitrogen and oxygen atoms in total. The molecule has 2 aliphatic carbocycles. The van der Waals surface area contributed by atoms with Crippen LogP contribution in [0.4, 0.5) is 0 Å². The molecule has 2 unspecified atom stereocenters. The molecule has 3 rings (SSSR count). The van der Waals surface area contributed by atoms with Crippen molar-refractivity contribution in [3.05, 3.63) is 0 Å². The molecule has 0 aromatic rings. The van der Waals surface area contributed by atoms with Crippen molar-refractivity contribution < 1.29 is 14.3 Å². The molecule has 0 aromatic carbocycles. The molecule has 0 radical (unpaired) electrons. The van der Waals surface area contributed by atoms with Gasteiger partial charge in [-0.05, 0) is 50.9 Å². The van der Waals surface area contributed by atoms with Crippen LogP contribution in [-0.2, 0) is 14.3 Å². The van der Waals surface area contributed by atoms with E-state index in [4.69, 9.17) is 4.74 Å². The zero-order chi connectivity index (χ0) is 13.4. The highest BCUT2D eigenvalue weighted by Crippen LogP contribution is 2.54. The van der Waals surface area contributed by atoms with Gasteiger partial charge in [-0.1, -0.05) is 0 Å². The number of hydrogen-bond acceptors (Lipinski definition) is 3. The van der Waals surface area contributed by atoms with Gasteiger partial charge in [0.1, 0.15) is 0 Å². The Bertz CT molecular complexity index is 364. The molecule has 2 atom stereocenters. The molecule has 3 fully saturated rings. The van der Waals surface area contributed by atoms with Gasteiger partial charge in [-0.2, -0.15) is 0 Å². The Morgan fingerprint density at radius 1 is 1.05 bits per heavy atom. The minimum absolute atomic E-state index is 0.000908. The van der Waals surface area contributed by atoms with E-state index in [-0.39, 0.29) is 17.8 Å². The Morgan fingerprint density at radius 2 is 1.68 bits per heavy atom. The van der Waals surface area contributed by atoms with Gasteiger partial charge in [-0.25, -0.2) is 0 Å².